The van der Waals surface area contributed by atoms with Gasteiger partial charge < -0.3 is 15.2 Å². The van der Waals surface area contributed by atoms with Crippen molar-refractivity contribution in [2.45, 2.75) is 60.4 Å². The molecule has 1 rings (SSSR count). The molecule has 0 aliphatic heterocycles. The van der Waals surface area contributed by atoms with Crippen LogP contribution in [-0.4, -0.2) is 30.2 Å². The Labute approximate surface area is 127 Å². The fraction of sp³-hybridized carbons (Fsp3) is 0.750. The van der Waals surface area contributed by atoms with Gasteiger partial charge in [0, 0.05) is 24.6 Å². The van der Waals surface area contributed by atoms with Gasteiger partial charge in [0.1, 0.15) is 5.76 Å². The van der Waals surface area contributed by atoms with Crippen LogP contribution in [0, 0.1) is 12.3 Å². The molecular formula is C16H29N3O2. The first-order valence-electron chi connectivity index (χ1n) is 7.86. The summed E-state index contributed by atoms with van der Waals surface area (Å²) in [5.74, 6) is 0.624. The molecule has 0 radical (unpaired) electrons. The second kappa shape index (κ2) is 7.59. The van der Waals surface area contributed by atoms with Crippen molar-refractivity contribution in [1.82, 2.24) is 15.8 Å². The fourth-order valence-corrected chi connectivity index (χ4v) is 2.41. The van der Waals surface area contributed by atoms with E-state index in [0.29, 0.717) is 18.3 Å². The molecule has 5 heteroatoms. The number of hydrogen-bond donors (Lipinski definition) is 2. The van der Waals surface area contributed by atoms with E-state index in [9.17, 15) is 4.79 Å². The summed E-state index contributed by atoms with van der Waals surface area (Å²) in [6.45, 7) is 14.0. The summed E-state index contributed by atoms with van der Waals surface area (Å²) in [6.07, 6.45) is 1.73. The molecule has 21 heavy (non-hydrogen) atoms. The third kappa shape index (κ3) is 4.06. The van der Waals surface area contributed by atoms with Gasteiger partial charge in [-0.05, 0) is 32.2 Å². The molecule has 120 valence electrons. The molecule has 1 heterocycles. The molecule has 0 aliphatic rings. The molecule has 2 atom stereocenters. The van der Waals surface area contributed by atoms with E-state index in [4.69, 9.17) is 4.52 Å². The van der Waals surface area contributed by atoms with Crippen molar-refractivity contribution in [3.63, 3.8) is 0 Å². The number of aromatic nitrogens is 1. The first-order chi connectivity index (χ1) is 9.89. The molecule has 2 N–H and O–H groups in total. The topological polar surface area (TPSA) is 67.2 Å². The lowest BCUT2D eigenvalue weighted by molar-refractivity contribution is 0.0910. The predicted octanol–water partition coefficient (Wildman–Crippen LogP) is 2.69. The third-order valence-electron chi connectivity index (χ3n) is 4.57. The van der Waals surface area contributed by atoms with Crippen molar-refractivity contribution in [2.24, 2.45) is 5.41 Å². The molecule has 0 aromatic carbocycles. The summed E-state index contributed by atoms with van der Waals surface area (Å²) in [4.78, 5) is 12.3. The maximum atomic E-state index is 12.3. The predicted molar refractivity (Wildman–Crippen MR) is 84.5 cm³/mol. The zero-order valence-corrected chi connectivity index (χ0v) is 14.2. The Bertz CT molecular complexity index is 470. The molecule has 2 unspecified atom stereocenters. The minimum absolute atomic E-state index is 0.0108. The van der Waals surface area contributed by atoms with E-state index >= 15 is 0 Å². The summed E-state index contributed by atoms with van der Waals surface area (Å²) in [7, 11) is 0. The van der Waals surface area contributed by atoms with Gasteiger partial charge in [-0.15, -0.1) is 0 Å². The highest BCUT2D eigenvalue weighted by Crippen LogP contribution is 2.25. The molecule has 1 amide bonds. The lowest BCUT2D eigenvalue weighted by Gasteiger charge is -2.35. The van der Waals surface area contributed by atoms with Crippen molar-refractivity contribution in [1.29, 1.82) is 0 Å². The van der Waals surface area contributed by atoms with Crippen molar-refractivity contribution < 1.29 is 9.32 Å². The summed E-state index contributed by atoms with van der Waals surface area (Å²) in [5.41, 5.74) is 1.26. The van der Waals surface area contributed by atoms with E-state index in [1.54, 1.807) is 0 Å². The first kappa shape index (κ1) is 17.7. The SMILES string of the molecule is CCNC(C)C(C)(CC)CNC(=O)c1noc(CC)c1C. The lowest BCUT2D eigenvalue weighted by atomic mass is 9.80. The number of carbonyl (C=O) groups excluding carboxylic acids is 1. The molecule has 1 aromatic rings. The number of nitrogens with one attached hydrogen (secondary N) is 2. The molecule has 0 spiro atoms. The summed E-state index contributed by atoms with van der Waals surface area (Å²) in [6, 6.07) is 0.331. The van der Waals surface area contributed by atoms with Crippen molar-refractivity contribution >= 4 is 5.91 Å². The van der Waals surface area contributed by atoms with E-state index < -0.39 is 0 Å². The van der Waals surface area contributed by atoms with Crippen LogP contribution in [0.5, 0.6) is 0 Å². The molecular weight excluding hydrogens is 266 g/mol. The van der Waals surface area contributed by atoms with Gasteiger partial charge in [-0.25, -0.2) is 0 Å². The van der Waals surface area contributed by atoms with Gasteiger partial charge >= 0.3 is 0 Å². The fourth-order valence-electron chi connectivity index (χ4n) is 2.41. The van der Waals surface area contributed by atoms with Crippen LogP contribution >= 0.6 is 0 Å². The van der Waals surface area contributed by atoms with Gasteiger partial charge in [-0.2, -0.15) is 0 Å². The monoisotopic (exact) mass is 295 g/mol. The molecule has 0 saturated heterocycles. The molecule has 0 aliphatic carbocycles. The quantitative estimate of drug-likeness (QED) is 0.774. The Balaban J connectivity index is 2.72. The molecule has 1 aromatic heterocycles. The zero-order valence-electron chi connectivity index (χ0n) is 14.2. The Kier molecular flexibility index (Phi) is 6.40. The number of amides is 1. The van der Waals surface area contributed by atoms with E-state index in [2.05, 4.69) is 43.5 Å². The average Bonchev–Trinajstić information content (AvgIpc) is 2.85. The van der Waals surface area contributed by atoms with Gasteiger partial charge in [0.15, 0.2) is 5.69 Å². The minimum atomic E-state index is -0.153. The third-order valence-corrected chi connectivity index (χ3v) is 4.57. The normalized spacial score (nSPS) is 15.5. The minimum Gasteiger partial charge on any atom is -0.360 e. The highest BCUT2D eigenvalue weighted by atomic mass is 16.5. The van der Waals surface area contributed by atoms with Crippen LogP contribution in [0.2, 0.25) is 0 Å². The Hall–Kier alpha value is -1.36. The van der Waals surface area contributed by atoms with E-state index in [0.717, 1.165) is 30.7 Å². The van der Waals surface area contributed by atoms with Gasteiger partial charge in [0.2, 0.25) is 0 Å². The highest BCUT2D eigenvalue weighted by molar-refractivity contribution is 5.93. The maximum absolute atomic E-state index is 12.3. The van der Waals surface area contributed by atoms with Gasteiger partial charge in [0.25, 0.3) is 5.91 Å². The van der Waals surface area contributed by atoms with Gasteiger partial charge in [-0.3, -0.25) is 4.79 Å². The number of rotatable bonds is 8. The molecule has 0 bridgehead atoms. The van der Waals surface area contributed by atoms with Crippen LogP contribution in [0.3, 0.4) is 0 Å². The molecule has 0 fully saturated rings. The zero-order chi connectivity index (χ0) is 16.0. The summed E-state index contributed by atoms with van der Waals surface area (Å²) in [5, 5.41) is 10.3. The van der Waals surface area contributed by atoms with Crippen molar-refractivity contribution in [3.05, 3.63) is 17.0 Å². The Morgan fingerprint density at radius 2 is 2.05 bits per heavy atom. The van der Waals surface area contributed by atoms with Crippen LogP contribution in [0.4, 0.5) is 0 Å². The van der Waals surface area contributed by atoms with Gasteiger partial charge in [-0.1, -0.05) is 32.9 Å². The van der Waals surface area contributed by atoms with E-state index in [1.165, 1.54) is 0 Å². The largest absolute Gasteiger partial charge is 0.360 e. The molecule has 0 saturated carbocycles. The standard InChI is InChI=1S/C16H29N3O2/c1-7-13-11(4)14(19-21-13)15(20)18-10-16(6,8-2)12(5)17-9-3/h12,17H,7-10H2,1-6H3,(H,18,20). The number of aryl methyl sites for hydroxylation is 1. The van der Waals surface area contributed by atoms with E-state index in [-0.39, 0.29) is 11.3 Å². The summed E-state index contributed by atoms with van der Waals surface area (Å²) >= 11 is 0. The smallest absolute Gasteiger partial charge is 0.273 e. The Morgan fingerprint density at radius 1 is 1.38 bits per heavy atom. The van der Waals surface area contributed by atoms with Crippen LogP contribution < -0.4 is 10.6 Å². The van der Waals surface area contributed by atoms with Crippen LogP contribution in [0.25, 0.3) is 0 Å². The number of hydrogen-bond acceptors (Lipinski definition) is 4. The number of carbonyl (C=O) groups is 1. The second-order valence-electron chi connectivity index (χ2n) is 5.90. The van der Waals surface area contributed by atoms with Crippen LogP contribution in [-0.2, 0) is 6.42 Å². The average molecular weight is 295 g/mol. The summed E-state index contributed by atoms with van der Waals surface area (Å²) < 4.78 is 5.19. The number of nitrogens with zero attached hydrogens (tertiary/aromatic N) is 1. The first-order valence-corrected chi connectivity index (χ1v) is 7.86. The second-order valence-corrected chi connectivity index (χ2v) is 5.90. The lowest BCUT2D eigenvalue weighted by Crippen LogP contribution is -2.48. The van der Waals surface area contributed by atoms with Crippen LogP contribution in [0.15, 0.2) is 4.52 Å². The van der Waals surface area contributed by atoms with Crippen molar-refractivity contribution in [3.8, 4) is 0 Å². The maximum Gasteiger partial charge on any atom is 0.273 e. The van der Waals surface area contributed by atoms with Gasteiger partial charge in [0.05, 0.1) is 0 Å². The Morgan fingerprint density at radius 3 is 2.52 bits per heavy atom. The van der Waals surface area contributed by atoms with Crippen LogP contribution in [0.1, 0.15) is 62.9 Å². The van der Waals surface area contributed by atoms with Crippen molar-refractivity contribution in [2.75, 3.05) is 13.1 Å². The highest BCUT2D eigenvalue weighted by Gasteiger charge is 2.30. The molecule has 5 nitrogen and oxygen atoms in total. The van der Waals surface area contributed by atoms with E-state index in [1.807, 2.05) is 13.8 Å².